The third-order valence-corrected chi connectivity index (χ3v) is 6.24. The van der Waals surface area contributed by atoms with E-state index in [0.717, 1.165) is 51.5 Å². The minimum atomic E-state index is -0.629. The lowest BCUT2D eigenvalue weighted by Gasteiger charge is -2.24. The van der Waals surface area contributed by atoms with Gasteiger partial charge in [-0.05, 0) is 51.0 Å². The minimum absolute atomic E-state index is 0.00719. The fraction of sp³-hybridized carbons (Fsp3) is 0.833. The van der Waals surface area contributed by atoms with E-state index in [9.17, 15) is 14.4 Å². The highest BCUT2D eigenvalue weighted by Gasteiger charge is 2.29. The van der Waals surface area contributed by atoms with E-state index >= 15 is 0 Å². The van der Waals surface area contributed by atoms with Crippen molar-refractivity contribution in [1.29, 1.82) is 0 Å². The number of rotatable bonds is 16. The highest BCUT2D eigenvalue weighted by atomic mass is 32.1. The molecule has 8 heteroatoms. The Morgan fingerprint density at radius 3 is 2.28 bits per heavy atom. The van der Waals surface area contributed by atoms with E-state index in [1.807, 2.05) is 6.92 Å². The van der Waals surface area contributed by atoms with Crippen molar-refractivity contribution in [2.75, 3.05) is 13.1 Å². The molecule has 0 aliphatic heterocycles. The monoisotopic (exact) mass is 468 g/mol. The molecule has 0 aromatic carbocycles. The number of amides is 2. The van der Waals surface area contributed by atoms with Gasteiger partial charge in [0.2, 0.25) is 11.8 Å². The Morgan fingerprint density at radius 2 is 1.69 bits per heavy atom. The van der Waals surface area contributed by atoms with Crippen LogP contribution in [0.1, 0.15) is 91.4 Å². The normalized spacial score (nSPS) is 15.9. The third-order valence-electron chi connectivity index (χ3n) is 5.89. The van der Waals surface area contributed by atoms with Gasteiger partial charge in [-0.3, -0.25) is 14.4 Å². The van der Waals surface area contributed by atoms with E-state index in [1.54, 1.807) is 0 Å². The number of Topliss-reactive ketones (excluding diaryl/α,β-unsaturated/α-hetero) is 1. The second kappa shape index (κ2) is 16.1. The summed E-state index contributed by atoms with van der Waals surface area (Å²) in [6, 6.07) is -1.18. The van der Waals surface area contributed by atoms with Gasteiger partial charge in [-0.25, -0.2) is 0 Å². The van der Waals surface area contributed by atoms with Gasteiger partial charge in [0.25, 0.3) is 0 Å². The van der Waals surface area contributed by atoms with Gasteiger partial charge in [0.15, 0.2) is 5.78 Å². The first kappa shape index (κ1) is 28.5. The number of hydrogen-bond donors (Lipinski definition) is 4. The van der Waals surface area contributed by atoms with Crippen LogP contribution < -0.4 is 21.7 Å². The average Bonchev–Trinajstić information content (AvgIpc) is 3.30. The zero-order valence-electron chi connectivity index (χ0n) is 20.2. The van der Waals surface area contributed by atoms with Crippen LogP contribution in [0, 0.1) is 11.8 Å². The predicted molar refractivity (Wildman–Crippen MR) is 133 cm³/mol. The fourth-order valence-corrected chi connectivity index (χ4v) is 4.12. The number of carbonyl (C=O) groups is 3. The molecule has 5 N–H and O–H groups in total. The molecule has 32 heavy (non-hydrogen) atoms. The van der Waals surface area contributed by atoms with E-state index in [4.69, 9.17) is 18.0 Å². The van der Waals surface area contributed by atoms with E-state index in [2.05, 4.69) is 29.8 Å². The van der Waals surface area contributed by atoms with Gasteiger partial charge in [-0.1, -0.05) is 52.3 Å². The molecule has 1 aliphatic carbocycles. The van der Waals surface area contributed by atoms with Crippen molar-refractivity contribution in [2.24, 2.45) is 17.6 Å². The van der Waals surface area contributed by atoms with Crippen molar-refractivity contribution >= 4 is 34.8 Å². The molecule has 0 bridgehead atoms. The van der Waals surface area contributed by atoms with Crippen molar-refractivity contribution in [2.45, 2.75) is 103 Å². The first-order valence-electron chi connectivity index (χ1n) is 12.4. The molecule has 0 heterocycles. The van der Waals surface area contributed by atoms with E-state index in [0.29, 0.717) is 43.1 Å². The van der Waals surface area contributed by atoms with Crippen molar-refractivity contribution < 1.29 is 14.4 Å². The molecule has 0 radical (unpaired) electrons. The van der Waals surface area contributed by atoms with Crippen LogP contribution in [0.4, 0.5) is 0 Å². The largest absolute Gasteiger partial charge is 0.379 e. The number of unbranched alkanes of at least 4 members (excludes halogenated alkanes) is 1. The number of nitrogens with two attached hydrogens (primary N) is 1. The second-order valence-corrected chi connectivity index (χ2v) is 9.83. The SMILES string of the molecule is CCC[C@H](NC(=O)[C@H](CCCCN)NC(=O)C1CCCC1)C(=O)CCC(=S)NCC(C)C. The highest BCUT2D eigenvalue weighted by Crippen LogP contribution is 2.25. The molecule has 1 rings (SSSR count). The smallest absolute Gasteiger partial charge is 0.243 e. The Morgan fingerprint density at radius 1 is 1.00 bits per heavy atom. The average molecular weight is 469 g/mol. The lowest BCUT2D eigenvalue weighted by atomic mass is 10.0. The van der Waals surface area contributed by atoms with Crippen molar-refractivity contribution in [3.05, 3.63) is 0 Å². The zero-order chi connectivity index (χ0) is 23.9. The van der Waals surface area contributed by atoms with E-state index < -0.39 is 12.1 Å². The molecule has 2 atom stereocenters. The van der Waals surface area contributed by atoms with Crippen LogP contribution in [-0.2, 0) is 14.4 Å². The highest BCUT2D eigenvalue weighted by molar-refractivity contribution is 7.80. The van der Waals surface area contributed by atoms with Crippen LogP contribution in [-0.4, -0.2) is 47.8 Å². The van der Waals surface area contributed by atoms with Crippen LogP contribution in [0.5, 0.6) is 0 Å². The molecule has 0 spiro atoms. The quantitative estimate of drug-likeness (QED) is 0.205. The van der Waals surface area contributed by atoms with E-state index in [-0.39, 0.29) is 23.5 Å². The standard InChI is InChI=1S/C24H44N4O3S/c1-4-9-19(21(29)13-14-22(32)26-16-17(2)3)27-24(31)20(12-7-8-15-25)28-23(30)18-10-5-6-11-18/h17-20H,4-16,25H2,1-3H3,(H,26,32)(H,27,31)(H,28,30)/t19-,20-/m0/s1. The molecule has 1 fully saturated rings. The van der Waals surface area contributed by atoms with Gasteiger partial charge < -0.3 is 21.7 Å². The summed E-state index contributed by atoms with van der Waals surface area (Å²) in [6.07, 6.45) is 8.07. The number of carbonyl (C=O) groups excluding carboxylic acids is 3. The maximum absolute atomic E-state index is 13.0. The Bertz CT molecular complexity index is 606. The lowest BCUT2D eigenvalue weighted by molar-refractivity contribution is -0.133. The molecule has 0 saturated heterocycles. The maximum Gasteiger partial charge on any atom is 0.243 e. The summed E-state index contributed by atoms with van der Waals surface area (Å²) in [7, 11) is 0. The van der Waals surface area contributed by atoms with Gasteiger partial charge in [-0.15, -0.1) is 0 Å². The molecular weight excluding hydrogens is 424 g/mol. The summed E-state index contributed by atoms with van der Waals surface area (Å²) < 4.78 is 0. The zero-order valence-corrected chi connectivity index (χ0v) is 21.0. The summed E-state index contributed by atoms with van der Waals surface area (Å²) in [5.41, 5.74) is 5.60. The summed E-state index contributed by atoms with van der Waals surface area (Å²) >= 11 is 5.32. The summed E-state index contributed by atoms with van der Waals surface area (Å²) in [4.78, 5) is 39.2. The molecule has 1 aliphatic rings. The number of nitrogens with one attached hydrogen (secondary N) is 3. The van der Waals surface area contributed by atoms with Gasteiger partial charge in [0, 0.05) is 25.3 Å². The van der Waals surface area contributed by atoms with Crippen LogP contribution in [0.3, 0.4) is 0 Å². The minimum Gasteiger partial charge on any atom is -0.379 e. The number of ketones is 1. The molecule has 2 amide bonds. The predicted octanol–water partition coefficient (Wildman–Crippen LogP) is 3.00. The maximum atomic E-state index is 13.0. The molecular formula is C24H44N4O3S. The van der Waals surface area contributed by atoms with Crippen molar-refractivity contribution in [3.63, 3.8) is 0 Å². The van der Waals surface area contributed by atoms with Crippen LogP contribution in [0.15, 0.2) is 0 Å². The lowest BCUT2D eigenvalue weighted by Crippen LogP contribution is -2.52. The van der Waals surface area contributed by atoms with Gasteiger partial charge in [0.1, 0.15) is 6.04 Å². The molecule has 0 aromatic rings. The summed E-state index contributed by atoms with van der Waals surface area (Å²) in [6.45, 7) is 7.52. The Kier molecular flexibility index (Phi) is 14.4. The second-order valence-electron chi connectivity index (χ2n) is 9.34. The van der Waals surface area contributed by atoms with Gasteiger partial charge >= 0.3 is 0 Å². The molecule has 7 nitrogen and oxygen atoms in total. The first-order valence-corrected chi connectivity index (χ1v) is 12.8. The Hall–Kier alpha value is -1.54. The van der Waals surface area contributed by atoms with E-state index in [1.165, 1.54) is 0 Å². The van der Waals surface area contributed by atoms with Crippen molar-refractivity contribution in [3.8, 4) is 0 Å². The third kappa shape index (κ3) is 11.4. The molecule has 184 valence electrons. The fourth-order valence-electron chi connectivity index (χ4n) is 3.93. The van der Waals surface area contributed by atoms with Crippen LogP contribution in [0.2, 0.25) is 0 Å². The van der Waals surface area contributed by atoms with Crippen LogP contribution in [0.25, 0.3) is 0 Å². The van der Waals surface area contributed by atoms with Gasteiger partial charge in [0.05, 0.1) is 11.0 Å². The van der Waals surface area contributed by atoms with Gasteiger partial charge in [-0.2, -0.15) is 0 Å². The Labute approximate surface area is 199 Å². The summed E-state index contributed by atoms with van der Waals surface area (Å²) in [5.74, 6) is 0.131. The Balaban J connectivity index is 2.68. The summed E-state index contributed by atoms with van der Waals surface area (Å²) in [5, 5.41) is 9.04. The molecule has 0 unspecified atom stereocenters. The first-order chi connectivity index (χ1) is 15.3. The topological polar surface area (TPSA) is 113 Å². The van der Waals surface area contributed by atoms with Crippen molar-refractivity contribution in [1.82, 2.24) is 16.0 Å². The molecule has 1 saturated carbocycles. The number of hydrogen-bond acceptors (Lipinski definition) is 5. The molecule has 0 aromatic heterocycles. The number of thiocarbonyl (C=S) groups is 1. The van der Waals surface area contributed by atoms with Crippen LogP contribution >= 0.6 is 12.2 Å².